The first-order valence-corrected chi connectivity index (χ1v) is 21.1. The molecule has 10 aromatic rings. The molecule has 2 unspecified atom stereocenters. The first-order valence-electron chi connectivity index (χ1n) is 21.1. The Morgan fingerprint density at radius 2 is 0.887 bits per heavy atom. The van der Waals surface area contributed by atoms with E-state index in [1.165, 1.54) is 38.8 Å². The largest absolute Gasteiger partial charge is 0.484 e. The van der Waals surface area contributed by atoms with Crippen molar-refractivity contribution in [1.82, 2.24) is 19.5 Å². The molecule has 0 amide bonds. The summed E-state index contributed by atoms with van der Waals surface area (Å²) in [4.78, 5) is 15.2. The van der Waals surface area contributed by atoms with Crippen LogP contribution < -0.4 is 4.74 Å². The monoisotopic (exact) mass is 794 g/mol. The van der Waals surface area contributed by atoms with Crippen molar-refractivity contribution < 1.29 is 4.74 Å². The Balaban J connectivity index is 0.894. The maximum Gasteiger partial charge on any atom is 0.164 e. The van der Waals surface area contributed by atoms with E-state index < -0.39 is 0 Å². The normalized spacial score (nSPS) is 14.8. The molecule has 3 heterocycles. The Labute approximate surface area is 360 Å². The van der Waals surface area contributed by atoms with E-state index in [1.807, 2.05) is 36.4 Å². The van der Waals surface area contributed by atoms with Gasteiger partial charge in [0.25, 0.3) is 0 Å². The van der Waals surface area contributed by atoms with E-state index in [0.717, 1.165) is 50.5 Å². The Morgan fingerprint density at radius 1 is 0.403 bits per heavy atom. The predicted octanol–water partition coefficient (Wildman–Crippen LogP) is 14.1. The van der Waals surface area contributed by atoms with Gasteiger partial charge in [-0.2, -0.15) is 0 Å². The number of fused-ring (bicyclic) bond motifs is 7. The van der Waals surface area contributed by atoms with Crippen LogP contribution in [0, 0.1) is 0 Å². The number of para-hydroxylation sites is 1. The summed E-state index contributed by atoms with van der Waals surface area (Å²) in [5.41, 5.74) is 15.7. The highest BCUT2D eigenvalue weighted by Crippen LogP contribution is 2.53. The van der Waals surface area contributed by atoms with Gasteiger partial charge >= 0.3 is 0 Å². The third-order valence-corrected chi connectivity index (χ3v) is 12.3. The number of nitrogens with zero attached hydrogens (tertiary/aromatic N) is 4. The summed E-state index contributed by atoms with van der Waals surface area (Å²) >= 11 is 0. The van der Waals surface area contributed by atoms with Crippen LogP contribution in [0.4, 0.5) is 0 Å². The predicted molar refractivity (Wildman–Crippen MR) is 251 cm³/mol. The van der Waals surface area contributed by atoms with Gasteiger partial charge in [-0.3, -0.25) is 0 Å². The second-order valence-electron chi connectivity index (χ2n) is 15.9. The fourth-order valence-corrected chi connectivity index (χ4v) is 9.20. The average molecular weight is 795 g/mol. The van der Waals surface area contributed by atoms with Crippen molar-refractivity contribution in [2.24, 2.45) is 0 Å². The lowest BCUT2D eigenvalue weighted by Crippen LogP contribution is -2.13. The van der Waals surface area contributed by atoms with E-state index in [-0.39, 0.29) is 12.0 Å². The van der Waals surface area contributed by atoms with Gasteiger partial charge in [0, 0.05) is 44.8 Å². The second-order valence-corrected chi connectivity index (χ2v) is 15.9. The van der Waals surface area contributed by atoms with E-state index >= 15 is 0 Å². The van der Waals surface area contributed by atoms with Gasteiger partial charge in [-0.25, -0.2) is 15.0 Å². The first kappa shape index (κ1) is 35.8. The van der Waals surface area contributed by atoms with Crippen LogP contribution in [0.15, 0.2) is 212 Å². The zero-order valence-electron chi connectivity index (χ0n) is 33.6. The molecule has 0 spiro atoms. The van der Waals surface area contributed by atoms with Crippen LogP contribution in [0.5, 0.6) is 5.75 Å². The molecule has 2 aliphatic rings. The van der Waals surface area contributed by atoms with Crippen LogP contribution in [-0.2, 0) is 0 Å². The molecule has 2 atom stereocenters. The summed E-state index contributed by atoms with van der Waals surface area (Å²) in [7, 11) is 0. The summed E-state index contributed by atoms with van der Waals surface area (Å²) in [6.45, 7) is 0. The summed E-state index contributed by atoms with van der Waals surface area (Å²) in [5, 5.41) is 1.20. The van der Waals surface area contributed by atoms with Gasteiger partial charge in [-0.05, 0) is 81.9 Å². The highest BCUT2D eigenvalue weighted by molar-refractivity contribution is 5.92. The van der Waals surface area contributed by atoms with E-state index in [4.69, 9.17) is 19.7 Å². The molecular formula is C57H38N4O. The van der Waals surface area contributed by atoms with E-state index in [0.29, 0.717) is 17.5 Å². The molecule has 5 heteroatoms. The average Bonchev–Trinajstić information content (AvgIpc) is 3.90. The minimum Gasteiger partial charge on any atom is -0.484 e. The third kappa shape index (κ3) is 6.22. The van der Waals surface area contributed by atoms with Gasteiger partial charge in [0.2, 0.25) is 0 Å². The minimum atomic E-state index is -0.177. The first-order chi connectivity index (χ1) is 30.7. The molecule has 0 radical (unpaired) electrons. The van der Waals surface area contributed by atoms with Crippen LogP contribution in [-0.4, -0.2) is 19.5 Å². The van der Waals surface area contributed by atoms with Crippen molar-refractivity contribution in [2.45, 2.75) is 12.0 Å². The third-order valence-electron chi connectivity index (χ3n) is 12.3. The number of hydrogen-bond donors (Lipinski definition) is 0. The highest BCUT2D eigenvalue weighted by Gasteiger charge is 2.40. The van der Waals surface area contributed by atoms with E-state index in [1.54, 1.807) is 0 Å². The quantitative estimate of drug-likeness (QED) is 0.161. The fourth-order valence-electron chi connectivity index (χ4n) is 9.20. The molecule has 62 heavy (non-hydrogen) atoms. The summed E-state index contributed by atoms with van der Waals surface area (Å²) in [5.74, 6) is 2.80. The molecular weight excluding hydrogens is 757 g/mol. The number of rotatable bonds is 7. The summed E-state index contributed by atoms with van der Waals surface area (Å²) < 4.78 is 9.30. The molecule has 12 rings (SSSR count). The fraction of sp³-hybridized carbons (Fsp3) is 0.0351. The van der Waals surface area contributed by atoms with Crippen molar-refractivity contribution in [2.75, 3.05) is 0 Å². The highest BCUT2D eigenvalue weighted by atomic mass is 16.5. The topological polar surface area (TPSA) is 52.8 Å². The molecule has 0 bridgehead atoms. The number of hydrogen-bond acceptors (Lipinski definition) is 4. The van der Waals surface area contributed by atoms with Gasteiger partial charge < -0.3 is 9.30 Å². The maximum absolute atomic E-state index is 6.93. The molecule has 0 fully saturated rings. The molecule has 1 aliphatic heterocycles. The second kappa shape index (κ2) is 14.8. The van der Waals surface area contributed by atoms with Crippen molar-refractivity contribution in [3.63, 3.8) is 0 Å². The Bertz CT molecular complexity index is 3300. The zero-order valence-corrected chi connectivity index (χ0v) is 33.6. The Hall–Kier alpha value is -8.15. The maximum atomic E-state index is 6.93. The lowest BCUT2D eigenvalue weighted by Gasteiger charge is -2.22. The molecule has 292 valence electrons. The van der Waals surface area contributed by atoms with Crippen molar-refractivity contribution in [1.29, 1.82) is 0 Å². The summed E-state index contributed by atoms with van der Waals surface area (Å²) in [6.07, 6.45) is 4.42. The Morgan fingerprint density at radius 3 is 1.56 bits per heavy atom. The smallest absolute Gasteiger partial charge is 0.164 e. The lowest BCUT2D eigenvalue weighted by atomic mass is 9.85. The molecule has 5 nitrogen and oxygen atoms in total. The number of aromatic nitrogens is 4. The number of benzene rings is 8. The van der Waals surface area contributed by atoms with E-state index in [9.17, 15) is 0 Å². The standard InChI is InChI=1S/C57H38N4O/c1-4-13-37(14-5-1)39-23-25-42(26-24-39)56-58-55(41-17-8-3-9-18-41)59-57(60-56)45-29-34-52-49(36-45)47-32-33-51-53(54(47)62-52)48-21-10-11-22-50(48)61(51)46-30-27-40(28-31-46)44-20-12-19-43(35-44)38-15-6-2-7-16-38/h1-36,47,54H. The van der Waals surface area contributed by atoms with Crippen molar-refractivity contribution in [3.05, 3.63) is 229 Å². The molecule has 0 saturated carbocycles. The zero-order chi connectivity index (χ0) is 41.0. The summed E-state index contributed by atoms with van der Waals surface area (Å²) in [6, 6.07) is 72.3. The lowest BCUT2D eigenvalue weighted by molar-refractivity contribution is 0.224. The van der Waals surface area contributed by atoms with Crippen LogP contribution in [0.25, 0.3) is 90.2 Å². The van der Waals surface area contributed by atoms with Gasteiger partial charge in [-0.1, -0.05) is 170 Å². The molecule has 0 saturated heterocycles. The van der Waals surface area contributed by atoms with Crippen LogP contribution in [0.3, 0.4) is 0 Å². The minimum absolute atomic E-state index is 0.0244. The SMILES string of the molecule is C1=CC2c3cc(-c4nc(-c5ccccc5)nc(-c5ccc(-c6ccccc6)cc5)n4)ccc3OC2c2c1n(-c1ccc(-c3cccc(-c4ccccc4)c3)cc1)c1ccccc21. The van der Waals surface area contributed by atoms with Gasteiger partial charge in [0.05, 0.1) is 11.2 Å². The Kier molecular flexibility index (Phi) is 8.56. The van der Waals surface area contributed by atoms with Gasteiger partial charge in [0.1, 0.15) is 11.9 Å². The molecule has 2 aromatic heterocycles. The van der Waals surface area contributed by atoms with Crippen LogP contribution >= 0.6 is 0 Å². The van der Waals surface area contributed by atoms with E-state index in [2.05, 4.69) is 187 Å². The number of ether oxygens (including phenoxy) is 1. The molecule has 0 N–H and O–H groups in total. The van der Waals surface area contributed by atoms with Crippen molar-refractivity contribution in [3.8, 4) is 79.0 Å². The van der Waals surface area contributed by atoms with Crippen molar-refractivity contribution >= 4 is 17.0 Å². The van der Waals surface area contributed by atoms with Gasteiger partial charge in [-0.15, -0.1) is 0 Å². The molecule has 8 aromatic carbocycles. The van der Waals surface area contributed by atoms with Crippen LogP contribution in [0.2, 0.25) is 0 Å². The van der Waals surface area contributed by atoms with Crippen LogP contribution in [0.1, 0.15) is 28.8 Å². The van der Waals surface area contributed by atoms with Gasteiger partial charge in [0.15, 0.2) is 17.5 Å². The molecule has 1 aliphatic carbocycles.